The van der Waals surface area contributed by atoms with Gasteiger partial charge in [-0.15, -0.1) is 0 Å². The molecule has 7 heteroatoms. The van der Waals surface area contributed by atoms with Crippen molar-refractivity contribution in [3.05, 3.63) is 64.7 Å². The van der Waals surface area contributed by atoms with E-state index in [1.807, 2.05) is 12.1 Å². The van der Waals surface area contributed by atoms with Crippen molar-refractivity contribution in [2.75, 3.05) is 20.3 Å². The molecule has 0 radical (unpaired) electrons. The van der Waals surface area contributed by atoms with Crippen molar-refractivity contribution in [3.63, 3.8) is 0 Å². The van der Waals surface area contributed by atoms with Gasteiger partial charge in [0.15, 0.2) is 0 Å². The summed E-state index contributed by atoms with van der Waals surface area (Å²) in [5.74, 6) is 0. The molecule has 0 N–H and O–H groups in total. The molecule has 0 amide bonds. The lowest BCUT2D eigenvalue weighted by molar-refractivity contribution is 0.177. The van der Waals surface area contributed by atoms with Crippen LogP contribution in [-0.2, 0) is 21.3 Å². The molecule has 24 heavy (non-hydrogen) atoms. The lowest BCUT2D eigenvalue weighted by Crippen LogP contribution is -2.33. The van der Waals surface area contributed by atoms with Gasteiger partial charge in [-0.2, -0.15) is 9.57 Å². The Morgan fingerprint density at radius 2 is 1.83 bits per heavy atom. The van der Waals surface area contributed by atoms with E-state index in [9.17, 15) is 8.42 Å². The Morgan fingerprint density at radius 1 is 1.17 bits per heavy atom. The van der Waals surface area contributed by atoms with Crippen LogP contribution in [0.3, 0.4) is 0 Å². The maximum absolute atomic E-state index is 12.9. The molecule has 0 aliphatic heterocycles. The van der Waals surface area contributed by atoms with Gasteiger partial charge in [0.2, 0.25) is 10.0 Å². The average Bonchev–Trinajstić information content (AvgIpc) is 2.60. The Balaban J connectivity index is 2.34. The highest BCUT2D eigenvalue weighted by Crippen LogP contribution is 2.22. The zero-order valence-electron chi connectivity index (χ0n) is 13.1. The summed E-state index contributed by atoms with van der Waals surface area (Å²) in [4.78, 5) is 0.129. The molecule has 0 fully saturated rings. The van der Waals surface area contributed by atoms with Crippen LogP contribution in [0.25, 0.3) is 0 Å². The van der Waals surface area contributed by atoms with E-state index in [1.165, 1.54) is 35.7 Å². The van der Waals surface area contributed by atoms with Gasteiger partial charge in [0.1, 0.15) is 0 Å². The molecule has 0 spiro atoms. The molecular formula is C17H17ClN2O3S. The van der Waals surface area contributed by atoms with Crippen LogP contribution >= 0.6 is 11.6 Å². The number of rotatable bonds is 7. The molecule has 0 saturated heterocycles. The molecule has 0 aromatic heterocycles. The van der Waals surface area contributed by atoms with Crippen molar-refractivity contribution >= 4 is 21.6 Å². The van der Waals surface area contributed by atoms with Crippen LogP contribution < -0.4 is 0 Å². The van der Waals surface area contributed by atoms with Crippen LogP contribution in [0.1, 0.15) is 11.1 Å². The summed E-state index contributed by atoms with van der Waals surface area (Å²) < 4.78 is 32.1. The number of benzene rings is 2. The van der Waals surface area contributed by atoms with Gasteiger partial charge in [-0.1, -0.05) is 29.8 Å². The van der Waals surface area contributed by atoms with E-state index in [1.54, 1.807) is 18.2 Å². The summed E-state index contributed by atoms with van der Waals surface area (Å²) >= 11 is 6.15. The maximum Gasteiger partial charge on any atom is 0.243 e. The highest BCUT2D eigenvalue weighted by atomic mass is 35.5. The van der Waals surface area contributed by atoms with Gasteiger partial charge in [-0.05, 0) is 35.9 Å². The van der Waals surface area contributed by atoms with E-state index in [0.29, 0.717) is 16.1 Å². The van der Waals surface area contributed by atoms with E-state index in [0.717, 1.165) is 0 Å². The lowest BCUT2D eigenvalue weighted by Gasteiger charge is -2.22. The van der Waals surface area contributed by atoms with Crippen molar-refractivity contribution in [1.29, 1.82) is 5.26 Å². The maximum atomic E-state index is 12.9. The summed E-state index contributed by atoms with van der Waals surface area (Å²) in [7, 11) is -2.21. The summed E-state index contributed by atoms with van der Waals surface area (Å²) in [6.45, 7) is 0.607. The predicted octanol–water partition coefficient (Wildman–Crippen LogP) is 3.05. The molecule has 2 aromatic carbocycles. The van der Waals surface area contributed by atoms with Crippen LogP contribution in [0.2, 0.25) is 5.02 Å². The molecule has 126 valence electrons. The summed E-state index contributed by atoms with van der Waals surface area (Å²) in [6.07, 6.45) is 0. The largest absolute Gasteiger partial charge is 0.383 e. The average molecular weight is 365 g/mol. The Labute approximate surface area is 147 Å². The zero-order chi connectivity index (χ0) is 17.6. The van der Waals surface area contributed by atoms with Gasteiger partial charge in [0.05, 0.1) is 23.1 Å². The summed E-state index contributed by atoms with van der Waals surface area (Å²) in [5.41, 5.74) is 1.12. The van der Waals surface area contributed by atoms with Gasteiger partial charge >= 0.3 is 0 Å². The first kappa shape index (κ1) is 18.4. The second-order valence-electron chi connectivity index (χ2n) is 5.06. The molecule has 0 heterocycles. The summed E-state index contributed by atoms with van der Waals surface area (Å²) in [6, 6.07) is 14.9. The number of hydrogen-bond donors (Lipinski definition) is 0. The Bertz CT molecular complexity index is 830. The third kappa shape index (κ3) is 4.34. The normalized spacial score (nSPS) is 11.4. The summed E-state index contributed by atoms with van der Waals surface area (Å²) in [5, 5.41) is 9.35. The monoisotopic (exact) mass is 364 g/mol. The smallest absolute Gasteiger partial charge is 0.243 e. The first-order valence-corrected chi connectivity index (χ1v) is 9.03. The van der Waals surface area contributed by atoms with E-state index < -0.39 is 10.0 Å². The molecule has 0 aliphatic rings. The molecule has 2 aromatic rings. The second kappa shape index (κ2) is 8.27. The fraction of sp³-hybridized carbons (Fsp3) is 0.235. The first-order valence-electron chi connectivity index (χ1n) is 7.21. The van der Waals surface area contributed by atoms with Crippen LogP contribution in [-0.4, -0.2) is 33.0 Å². The lowest BCUT2D eigenvalue weighted by atomic mass is 10.2. The fourth-order valence-corrected chi connectivity index (χ4v) is 3.74. The fourth-order valence-electron chi connectivity index (χ4n) is 2.14. The van der Waals surface area contributed by atoms with Crippen LogP contribution in [0.5, 0.6) is 0 Å². The molecule has 0 aliphatic carbocycles. The molecule has 0 atom stereocenters. The van der Waals surface area contributed by atoms with E-state index in [4.69, 9.17) is 21.6 Å². The second-order valence-corrected chi connectivity index (χ2v) is 7.40. The van der Waals surface area contributed by atoms with Gasteiger partial charge in [0.25, 0.3) is 0 Å². The minimum absolute atomic E-state index is 0.129. The minimum Gasteiger partial charge on any atom is -0.383 e. The van der Waals surface area contributed by atoms with E-state index >= 15 is 0 Å². The van der Waals surface area contributed by atoms with Crippen molar-refractivity contribution in [2.45, 2.75) is 11.4 Å². The van der Waals surface area contributed by atoms with Crippen molar-refractivity contribution in [1.82, 2.24) is 4.31 Å². The van der Waals surface area contributed by atoms with Gasteiger partial charge in [-0.25, -0.2) is 8.42 Å². The van der Waals surface area contributed by atoms with Crippen molar-refractivity contribution < 1.29 is 13.2 Å². The number of sulfonamides is 1. The van der Waals surface area contributed by atoms with Crippen LogP contribution in [0, 0.1) is 11.3 Å². The molecule has 0 bridgehead atoms. The highest BCUT2D eigenvalue weighted by molar-refractivity contribution is 7.89. The first-order chi connectivity index (χ1) is 11.5. The van der Waals surface area contributed by atoms with Crippen molar-refractivity contribution in [3.8, 4) is 6.07 Å². The SMILES string of the molecule is COCCN(Cc1ccccc1Cl)S(=O)(=O)c1ccc(C#N)cc1. The number of hydrogen-bond acceptors (Lipinski definition) is 4. The molecule has 5 nitrogen and oxygen atoms in total. The molecule has 2 rings (SSSR count). The van der Waals surface area contributed by atoms with E-state index in [2.05, 4.69) is 0 Å². The number of nitriles is 1. The number of methoxy groups -OCH3 is 1. The standard InChI is InChI=1S/C17H17ClN2O3S/c1-23-11-10-20(13-15-4-2-3-5-17(15)18)24(21,22)16-8-6-14(12-19)7-9-16/h2-9H,10-11,13H2,1H3. The third-order valence-corrected chi connectivity index (χ3v) is 5.70. The quantitative estimate of drug-likeness (QED) is 0.757. The van der Waals surface area contributed by atoms with Gasteiger partial charge in [0, 0.05) is 25.2 Å². The van der Waals surface area contributed by atoms with E-state index in [-0.39, 0.29) is 24.6 Å². The molecular weight excluding hydrogens is 348 g/mol. The topological polar surface area (TPSA) is 70.4 Å². The van der Waals surface area contributed by atoms with Crippen molar-refractivity contribution in [2.24, 2.45) is 0 Å². The number of ether oxygens (including phenoxy) is 1. The zero-order valence-corrected chi connectivity index (χ0v) is 14.7. The van der Waals surface area contributed by atoms with Crippen LogP contribution in [0.15, 0.2) is 53.4 Å². The van der Waals surface area contributed by atoms with Crippen LogP contribution in [0.4, 0.5) is 0 Å². The van der Waals surface area contributed by atoms with Gasteiger partial charge in [-0.3, -0.25) is 0 Å². The minimum atomic E-state index is -3.73. The number of halogens is 1. The Morgan fingerprint density at radius 3 is 2.42 bits per heavy atom. The molecule has 0 unspecified atom stereocenters. The third-order valence-electron chi connectivity index (χ3n) is 3.47. The predicted molar refractivity (Wildman–Crippen MR) is 92.1 cm³/mol. The molecule has 0 saturated carbocycles. The Kier molecular flexibility index (Phi) is 6.35. The number of nitrogens with zero attached hydrogens (tertiary/aromatic N) is 2. The Hall–Kier alpha value is -1.91. The highest BCUT2D eigenvalue weighted by Gasteiger charge is 2.25. The van der Waals surface area contributed by atoms with Gasteiger partial charge < -0.3 is 4.74 Å².